The van der Waals surface area contributed by atoms with Crippen molar-refractivity contribution in [3.63, 3.8) is 0 Å². The van der Waals surface area contributed by atoms with Crippen LogP contribution in [0.4, 0.5) is 11.5 Å². The fourth-order valence-corrected chi connectivity index (χ4v) is 2.17. The highest BCUT2D eigenvalue weighted by atomic mass is 35.5. The molecular formula is C14H10Cl2N4. The number of benzene rings is 1. The molecule has 3 aromatic rings. The number of rotatable bonds is 2. The third-order valence-corrected chi connectivity index (χ3v) is 3.57. The first-order valence-electron chi connectivity index (χ1n) is 5.95. The molecule has 0 spiro atoms. The van der Waals surface area contributed by atoms with Gasteiger partial charge in [-0.15, -0.1) is 10.2 Å². The Morgan fingerprint density at radius 3 is 2.70 bits per heavy atom. The summed E-state index contributed by atoms with van der Waals surface area (Å²) in [5, 5.41) is 9.39. The second-order valence-electron chi connectivity index (χ2n) is 4.25. The third kappa shape index (κ3) is 2.40. The Morgan fingerprint density at radius 1 is 1.05 bits per heavy atom. The maximum Gasteiger partial charge on any atom is 0.182 e. The lowest BCUT2D eigenvalue weighted by Crippen LogP contribution is -1.80. The Hall–Kier alpha value is -1.91. The van der Waals surface area contributed by atoms with Crippen molar-refractivity contribution in [3.8, 4) is 0 Å². The zero-order valence-corrected chi connectivity index (χ0v) is 12.1. The molecule has 0 atom stereocenters. The Labute approximate surface area is 125 Å². The molecule has 2 aromatic heterocycles. The first-order chi connectivity index (χ1) is 9.65. The van der Waals surface area contributed by atoms with Gasteiger partial charge in [0.05, 0.1) is 21.4 Å². The lowest BCUT2D eigenvalue weighted by atomic mass is 10.3. The van der Waals surface area contributed by atoms with Crippen LogP contribution in [0, 0.1) is 6.92 Å². The number of aromatic nitrogens is 2. The Bertz CT molecular complexity index is 808. The lowest BCUT2D eigenvalue weighted by Gasteiger charge is -1.97. The monoisotopic (exact) mass is 304 g/mol. The molecule has 0 aliphatic rings. The predicted molar refractivity (Wildman–Crippen MR) is 80.6 cm³/mol. The molecule has 0 aliphatic heterocycles. The molecule has 3 rings (SSSR count). The maximum absolute atomic E-state index is 5.95. The molecule has 0 bridgehead atoms. The summed E-state index contributed by atoms with van der Waals surface area (Å²) < 4.78 is 1.89. The van der Waals surface area contributed by atoms with Crippen molar-refractivity contribution in [2.45, 2.75) is 6.92 Å². The number of imidazole rings is 1. The summed E-state index contributed by atoms with van der Waals surface area (Å²) in [4.78, 5) is 4.42. The normalized spacial score (nSPS) is 11.6. The van der Waals surface area contributed by atoms with Crippen LogP contribution in [-0.2, 0) is 0 Å². The molecule has 2 heterocycles. The van der Waals surface area contributed by atoms with Gasteiger partial charge in [-0.05, 0) is 37.3 Å². The molecule has 0 N–H and O–H groups in total. The molecule has 0 fully saturated rings. The molecule has 0 saturated heterocycles. The van der Waals surface area contributed by atoms with E-state index in [4.69, 9.17) is 23.2 Å². The van der Waals surface area contributed by atoms with Gasteiger partial charge in [-0.1, -0.05) is 29.3 Å². The average molecular weight is 305 g/mol. The summed E-state index contributed by atoms with van der Waals surface area (Å²) in [6.45, 7) is 1.90. The zero-order valence-electron chi connectivity index (χ0n) is 10.6. The molecule has 20 heavy (non-hydrogen) atoms. The molecule has 0 amide bonds. The topological polar surface area (TPSA) is 42.0 Å². The van der Waals surface area contributed by atoms with Gasteiger partial charge in [0, 0.05) is 6.20 Å². The molecule has 0 saturated carbocycles. The first-order valence-corrected chi connectivity index (χ1v) is 6.71. The molecule has 0 unspecified atom stereocenters. The van der Waals surface area contributed by atoms with Gasteiger partial charge in [0.25, 0.3) is 0 Å². The van der Waals surface area contributed by atoms with Crippen LogP contribution in [0.3, 0.4) is 0 Å². The van der Waals surface area contributed by atoms with E-state index >= 15 is 0 Å². The fourth-order valence-electron chi connectivity index (χ4n) is 1.87. The number of nitrogens with zero attached hydrogens (tertiary/aromatic N) is 4. The van der Waals surface area contributed by atoms with Crippen molar-refractivity contribution in [3.05, 3.63) is 58.3 Å². The van der Waals surface area contributed by atoms with Crippen molar-refractivity contribution in [1.82, 2.24) is 9.38 Å². The van der Waals surface area contributed by atoms with Crippen molar-refractivity contribution >= 4 is 40.4 Å². The van der Waals surface area contributed by atoms with Crippen LogP contribution in [0.1, 0.15) is 5.69 Å². The minimum atomic E-state index is 0.456. The van der Waals surface area contributed by atoms with E-state index in [9.17, 15) is 0 Å². The minimum Gasteiger partial charge on any atom is -0.283 e. The summed E-state index contributed by atoms with van der Waals surface area (Å²) in [7, 11) is 0. The number of aryl methyl sites for hydroxylation is 1. The zero-order chi connectivity index (χ0) is 14.1. The highest BCUT2D eigenvalue weighted by molar-refractivity contribution is 6.42. The fraction of sp³-hybridized carbons (Fsp3) is 0.0714. The highest BCUT2D eigenvalue weighted by Crippen LogP contribution is 2.28. The van der Waals surface area contributed by atoms with E-state index in [2.05, 4.69) is 15.2 Å². The van der Waals surface area contributed by atoms with Gasteiger partial charge < -0.3 is 0 Å². The van der Waals surface area contributed by atoms with E-state index in [0.29, 0.717) is 21.6 Å². The molecule has 100 valence electrons. The van der Waals surface area contributed by atoms with Crippen LogP contribution in [0.25, 0.3) is 5.65 Å². The van der Waals surface area contributed by atoms with Gasteiger partial charge in [0.1, 0.15) is 5.65 Å². The molecular weight excluding hydrogens is 295 g/mol. The molecule has 0 radical (unpaired) electrons. The van der Waals surface area contributed by atoms with E-state index in [-0.39, 0.29) is 0 Å². The summed E-state index contributed by atoms with van der Waals surface area (Å²) in [5.74, 6) is 0.701. The van der Waals surface area contributed by atoms with Crippen LogP contribution in [-0.4, -0.2) is 9.38 Å². The van der Waals surface area contributed by atoms with Gasteiger partial charge in [0.2, 0.25) is 0 Å². The summed E-state index contributed by atoms with van der Waals surface area (Å²) in [6.07, 6.45) is 1.90. The number of hydrogen-bond acceptors (Lipinski definition) is 3. The largest absolute Gasteiger partial charge is 0.283 e. The number of halogens is 2. The SMILES string of the molecule is Cc1nc2ccccn2c1N=Nc1ccc(Cl)c(Cl)c1. The van der Waals surface area contributed by atoms with Gasteiger partial charge in [-0.2, -0.15) is 0 Å². The van der Waals surface area contributed by atoms with Crippen LogP contribution in [0.2, 0.25) is 10.0 Å². The second-order valence-corrected chi connectivity index (χ2v) is 5.06. The van der Waals surface area contributed by atoms with Crippen molar-refractivity contribution in [2.24, 2.45) is 10.2 Å². The van der Waals surface area contributed by atoms with E-state index in [1.54, 1.807) is 18.2 Å². The maximum atomic E-state index is 5.95. The van der Waals surface area contributed by atoms with E-state index in [1.165, 1.54) is 0 Å². The minimum absolute atomic E-state index is 0.456. The molecule has 4 nitrogen and oxygen atoms in total. The van der Waals surface area contributed by atoms with Gasteiger partial charge in [-0.3, -0.25) is 4.40 Å². The van der Waals surface area contributed by atoms with E-state index in [0.717, 1.165) is 11.3 Å². The summed E-state index contributed by atoms with van der Waals surface area (Å²) in [5.41, 5.74) is 2.30. The standard InChI is InChI=1S/C14H10Cl2N4/c1-9-14(20-7-3-2-4-13(20)17-9)19-18-10-5-6-11(15)12(16)8-10/h2-8H,1H3. The van der Waals surface area contributed by atoms with Crippen LogP contribution in [0.5, 0.6) is 0 Å². The van der Waals surface area contributed by atoms with Crippen LogP contribution < -0.4 is 0 Å². The second kappa shape index (κ2) is 5.23. The average Bonchev–Trinajstić information content (AvgIpc) is 2.76. The van der Waals surface area contributed by atoms with Gasteiger partial charge in [0.15, 0.2) is 5.82 Å². The predicted octanol–water partition coefficient (Wildman–Crippen LogP) is 5.36. The Morgan fingerprint density at radius 2 is 1.90 bits per heavy atom. The van der Waals surface area contributed by atoms with Crippen LogP contribution in [0.15, 0.2) is 52.8 Å². The smallest absolute Gasteiger partial charge is 0.182 e. The van der Waals surface area contributed by atoms with Gasteiger partial charge >= 0.3 is 0 Å². The molecule has 6 heteroatoms. The molecule has 1 aromatic carbocycles. The summed E-state index contributed by atoms with van der Waals surface area (Å²) >= 11 is 11.8. The Balaban J connectivity index is 2.02. The lowest BCUT2D eigenvalue weighted by molar-refractivity contribution is 1.09. The Kier molecular flexibility index (Phi) is 3.42. The summed E-state index contributed by atoms with van der Waals surface area (Å²) in [6, 6.07) is 10.9. The number of pyridine rings is 1. The number of fused-ring (bicyclic) bond motifs is 1. The highest BCUT2D eigenvalue weighted by Gasteiger charge is 2.07. The number of hydrogen-bond donors (Lipinski definition) is 0. The van der Waals surface area contributed by atoms with Gasteiger partial charge in [-0.25, -0.2) is 4.98 Å². The van der Waals surface area contributed by atoms with Crippen molar-refractivity contribution in [2.75, 3.05) is 0 Å². The van der Waals surface area contributed by atoms with E-state index < -0.39 is 0 Å². The van der Waals surface area contributed by atoms with Crippen LogP contribution >= 0.6 is 23.2 Å². The quantitative estimate of drug-likeness (QED) is 0.587. The first kappa shape index (κ1) is 13.1. The third-order valence-electron chi connectivity index (χ3n) is 2.84. The van der Waals surface area contributed by atoms with Crippen molar-refractivity contribution in [1.29, 1.82) is 0 Å². The number of azo groups is 1. The molecule has 0 aliphatic carbocycles. The van der Waals surface area contributed by atoms with Crippen molar-refractivity contribution < 1.29 is 0 Å². The van der Waals surface area contributed by atoms with E-state index in [1.807, 2.05) is 35.7 Å².